The van der Waals surface area contributed by atoms with Gasteiger partial charge in [0.2, 0.25) is 0 Å². The summed E-state index contributed by atoms with van der Waals surface area (Å²) in [5, 5.41) is 9.04. The molecule has 2 aromatic rings. The zero-order valence-corrected chi connectivity index (χ0v) is 10.5. The molecule has 1 aromatic carbocycles. The Morgan fingerprint density at radius 2 is 2.00 bits per heavy atom. The first-order chi connectivity index (χ1) is 9.22. The monoisotopic (exact) mass is 263 g/mol. The van der Waals surface area contributed by atoms with Crippen molar-refractivity contribution in [3.05, 3.63) is 53.6 Å². The summed E-state index contributed by atoms with van der Waals surface area (Å²) in [6.07, 6.45) is 2.68. The Balaban J connectivity index is 2.11. The fourth-order valence-electron chi connectivity index (χ4n) is 1.63. The molecule has 0 radical (unpaired) electrons. The van der Waals surface area contributed by atoms with E-state index in [0.29, 0.717) is 17.1 Å². The van der Waals surface area contributed by atoms with Gasteiger partial charge in [0.05, 0.1) is 19.9 Å². The molecule has 19 heavy (non-hydrogen) atoms. The van der Waals surface area contributed by atoms with Gasteiger partial charge in [-0.3, -0.25) is 4.98 Å². The normalized spacial score (nSPS) is 10.3. The molecular weight excluding hydrogens is 249 g/mol. The van der Waals surface area contributed by atoms with Gasteiger partial charge in [0.15, 0.2) is 11.5 Å². The highest BCUT2D eigenvalue weighted by atomic mass is 19.1. The van der Waals surface area contributed by atoms with Crippen molar-refractivity contribution in [2.24, 2.45) is 0 Å². The zero-order chi connectivity index (χ0) is 13.7. The maximum absolute atomic E-state index is 13.0. The first-order valence-corrected chi connectivity index (χ1v) is 5.73. The van der Waals surface area contributed by atoms with E-state index in [1.165, 1.54) is 19.4 Å². The van der Waals surface area contributed by atoms with Crippen molar-refractivity contribution in [2.45, 2.75) is 13.2 Å². The molecule has 0 fully saturated rings. The Hall–Kier alpha value is -2.14. The Morgan fingerprint density at radius 3 is 2.68 bits per heavy atom. The van der Waals surface area contributed by atoms with E-state index in [1.807, 2.05) is 0 Å². The van der Waals surface area contributed by atoms with E-state index < -0.39 is 5.82 Å². The summed E-state index contributed by atoms with van der Waals surface area (Å²) in [7, 11) is 1.52. The lowest BCUT2D eigenvalue weighted by molar-refractivity contribution is 0.274. The highest BCUT2D eigenvalue weighted by molar-refractivity contribution is 5.42. The molecule has 0 bridgehead atoms. The molecule has 0 saturated carbocycles. The molecule has 100 valence electrons. The van der Waals surface area contributed by atoms with Crippen LogP contribution in [0.3, 0.4) is 0 Å². The van der Waals surface area contributed by atoms with Crippen molar-refractivity contribution in [3.63, 3.8) is 0 Å². The summed E-state index contributed by atoms with van der Waals surface area (Å²) in [5.41, 5.74) is 1.37. The highest BCUT2D eigenvalue weighted by Gasteiger charge is 2.06. The van der Waals surface area contributed by atoms with Gasteiger partial charge >= 0.3 is 0 Å². The van der Waals surface area contributed by atoms with Crippen molar-refractivity contribution >= 4 is 0 Å². The molecule has 5 heteroatoms. The number of aromatic nitrogens is 1. The summed E-state index contributed by atoms with van der Waals surface area (Å²) in [5.74, 6) is 0.656. The average Bonchev–Trinajstić information content (AvgIpc) is 2.45. The van der Waals surface area contributed by atoms with Gasteiger partial charge < -0.3 is 14.6 Å². The fraction of sp³-hybridized carbons (Fsp3) is 0.214. The van der Waals surface area contributed by atoms with Gasteiger partial charge in [-0.15, -0.1) is 0 Å². The Labute approximate surface area is 110 Å². The lowest BCUT2D eigenvalue weighted by atomic mass is 10.2. The number of hydrogen-bond acceptors (Lipinski definition) is 4. The number of methoxy groups -OCH3 is 1. The maximum atomic E-state index is 13.0. The van der Waals surface area contributed by atoms with Crippen LogP contribution >= 0.6 is 0 Å². The predicted molar refractivity (Wildman–Crippen MR) is 67.4 cm³/mol. The maximum Gasteiger partial charge on any atom is 0.161 e. The molecular formula is C14H14FNO3. The summed E-state index contributed by atoms with van der Waals surface area (Å²) in [6, 6.07) is 6.50. The van der Waals surface area contributed by atoms with Gasteiger partial charge in [-0.25, -0.2) is 4.39 Å². The molecule has 0 amide bonds. The van der Waals surface area contributed by atoms with Crippen LogP contribution in [0.15, 0.2) is 36.7 Å². The van der Waals surface area contributed by atoms with Crippen molar-refractivity contribution in [3.8, 4) is 11.5 Å². The van der Waals surface area contributed by atoms with Gasteiger partial charge in [-0.1, -0.05) is 6.07 Å². The van der Waals surface area contributed by atoms with Crippen LogP contribution in [0.5, 0.6) is 11.5 Å². The van der Waals surface area contributed by atoms with Crippen LogP contribution < -0.4 is 9.47 Å². The van der Waals surface area contributed by atoms with Gasteiger partial charge in [0.1, 0.15) is 12.4 Å². The summed E-state index contributed by atoms with van der Waals surface area (Å²) >= 11 is 0. The summed E-state index contributed by atoms with van der Waals surface area (Å²) in [4.78, 5) is 3.75. The third-order valence-corrected chi connectivity index (χ3v) is 2.57. The Kier molecular flexibility index (Phi) is 4.30. The topological polar surface area (TPSA) is 51.6 Å². The number of halogens is 1. The molecule has 0 atom stereocenters. The van der Waals surface area contributed by atoms with Crippen molar-refractivity contribution < 1.29 is 19.0 Å². The number of ether oxygens (including phenoxy) is 2. The first kappa shape index (κ1) is 13.3. The largest absolute Gasteiger partial charge is 0.493 e. The standard InChI is InChI=1S/C14H14FNO3/c1-18-14-5-10(8-17)2-3-13(14)19-9-11-4-12(15)7-16-6-11/h2-7,17H,8-9H2,1H3. The smallest absolute Gasteiger partial charge is 0.161 e. The second kappa shape index (κ2) is 6.15. The van der Waals surface area contributed by atoms with Gasteiger partial charge in [-0.2, -0.15) is 0 Å². The second-order valence-electron chi connectivity index (χ2n) is 3.94. The summed E-state index contributed by atoms with van der Waals surface area (Å²) < 4.78 is 23.7. The molecule has 0 unspecified atom stereocenters. The summed E-state index contributed by atoms with van der Waals surface area (Å²) in [6.45, 7) is 0.129. The minimum absolute atomic E-state index is 0.0650. The van der Waals surface area contributed by atoms with Crippen LogP contribution in [0.1, 0.15) is 11.1 Å². The average molecular weight is 263 g/mol. The van der Waals surface area contributed by atoms with E-state index in [2.05, 4.69) is 4.98 Å². The number of rotatable bonds is 5. The first-order valence-electron chi connectivity index (χ1n) is 5.73. The third-order valence-electron chi connectivity index (χ3n) is 2.57. The molecule has 1 aromatic heterocycles. The zero-order valence-electron chi connectivity index (χ0n) is 10.5. The molecule has 1 heterocycles. The molecule has 0 aliphatic rings. The number of pyridine rings is 1. The number of aliphatic hydroxyl groups excluding tert-OH is 1. The number of benzene rings is 1. The van der Waals surface area contributed by atoms with E-state index in [1.54, 1.807) is 18.2 Å². The SMILES string of the molecule is COc1cc(CO)ccc1OCc1cncc(F)c1. The second-order valence-corrected chi connectivity index (χ2v) is 3.94. The quantitative estimate of drug-likeness (QED) is 0.899. The number of hydrogen-bond donors (Lipinski definition) is 1. The van der Waals surface area contributed by atoms with Crippen molar-refractivity contribution in [2.75, 3.05) is 7.11 Å². The molecule has 2 rings (SSSR count). The van der Waals surface area contributed by atoms with Crippen LogP contribution in [0, 0.1) is 5.82 Å². The van der Waals surface area contributed by atoms with E-state index in [0.717, 1.165) is 11.8 Å². The Bertz CT molecular complexity index is 560. The molecule has 4 nitrogen and oxygen atoms in total. The third kappa shape index (κ3) is 3.42. The van der Waals surface area contributed by atoms with E-state index >= 15 is 0 Å². The minimum atomic E-state index is -0.399. The van der Waals surface area contributed by atoms with E-state index in [9.17, 15) is 4.39 Å². The molecule has 0 aliphatic carbocycles. The molecule has 0 spiro atoms. The van der Waals surface area contributed by atoms with Gasteiger partial charge in [0, 0.05) is 11.8 Å². The lowest BCUT2D eigenvalue weighted by Gasteiger charge is -2.11. The Morgan fingerprint density at radius 1 is 1.16 bits per heavy atom. The van der Waals surface area contributed by atoms with Gasteiger partial charge in [-0.05, 0) is 23.8 Å². The van der Waals surface area contributed by atoms with Crippen LogP contribution in [0.2, 0.25) is 0 Å². The van der Waals surface area contributed by atoms with Crippen LogP contribution in [-0.2, 0) is 13.2 Å². The molecule has 0 aliphatic heterocycles. The van der Waals surface area contributed by atoms with E-state index in [4.69, 9.17) is 14.6 Å². The predicted octanol–water partition coefficient (Wildman–Crippen LogP) is 2.30. The molecule has 0 saturated heterocycles. The highest BCUT2D eigenvalue weighted by Crippen LogP contribution is 2.28. The van der Waals surface area contributed by atoms with Crippen molar-refractivity contribution in [1.29, 1.82) is 0 Å². The lowest BCUT2D eigenvalue weighted by Crippen LogP contribution is -1.99. The van der Waals surface area contributed by atoms with Crippen LogP contribution in [-0.4, -0.2) is 17.2 Å². The van der Waals surface area contributed by atoms with Crippen LogP contribution in [0.4, 0.5) is 4.39 Å². The minimum Gasteiger partial charge on any atom is -0.493 e. The van der Waals surface area contributed by atoms with Crippen LogP contribution in [0.25, 0.3) is 0 Å². The fourth-order valence-corrected chi connectivity index (χ4v) is 1.63. The number of aliphatic hydroxyl groups is 1. The molecule has 1 N–H and O–H groups in total. The van der Waals surface area contributed by atoms with Crippen molar-refractivity contribution in [1.82, 2.24) is 4.98 Å². The number of nitrogens with zero attached hydrogens (tertiary/aromatic N) is 1. The van der Waals surface area contributed by atoms with Gasteiger partial charge in [0.25, 0.3) is 0 Å². The van der Waals surface area contributed by atoms with E-state index in [-0.39, 0.29) is 13.2 Å².